The molecule has 1 aliphatic rings. The van der Waals surface area contributed by atoms with E-state index in [1.54, 1.807) is 0 Å². The van der Waals surface area contributed by atoms with Gasteiger partial charge in [-0.3, -0.25) is 0 Å². The summed E-state index contributed by atoms with van der Waals surface area (Å²) in [7, 11) is 0. The predicted molar refractivity (Wildman–Crippen MR) is 55.8 cm³/mol. The van der Waals surface area contributed by atoms with Gasteiger partial charge in [-0.2, -0.15) is 0 Å². The van der Waals surface area contributed by atoms with Crippen LogP contribution in [0.3, 0.4) is 0 Å². The van der Waals surface area contributed by atoms with Crippen molar-refractivity contribution < 1.29 is 5.11 Å². The summed E-state index contributed by atoms with van der Waals surface area (Å²) in [5, 5.41) is 8.69. The van der Waals surface area contributed by atoms with Crippen LogP contribution in [0.1, 0.15) is 39.5 Å². The number of aliphatic hydroxyl groups is 1. The highest BCUT2D eigenvalue weighted by atomic mass is 16.2. The van der Waals surface area contributed by atoms with Crippen LogP contribution in [0.2, 0.25) is 0 Å². The summed E-state index contributed by atoms with van der Waals surface area (Å²) < 4.78 is 0. The minimum atomic E-state index is 0.346. The summed E-state index contributed by atoms with van der Waals surface area (Å²) in [6.45, 7) is 7.46. The van der Waals surface area contributed by atoms with Crippen LogP contribution < -0.4 is 0 Å². The van der Waals surface area contributed by atoms with Crippen LogP contribution in [0.5, 0.6) is 0 Å². The lowest BCUT2D eigenvalue weighted by Gasteiger charge is -2.36. The Bertz CT molecular complexity index is 138. The molecule has 0 aromatic heterocycles. The lowest BCUT2D eigenvalue weighted by molar-refractivity contribution is 0.124. The molecule has 0 radical (unpaired) electrons. The third kappa shape index (κ3) is 3.65. The monoisotopic (exact) mass is 185 g/mol. The molecule has 0 amide bonds. The Morgan fingerprint density at radius 3 is 2.69 bits per heavy atom. The molecule has 78 valence electrons. The molecule has 2 heteroatoms. The molecule has 0 aliphatic carbocycles. The van der Waals surface area contributed by atoms with Gasteiger partial charge in [-0.1, -0.05) is 6.92 Å². The fraction of sp³-hybridized carbons (Fsp3) is 1.00. The maximum absolute atomic E-state index is 8.69. The van der Waals surface area contributed by atoms with Crippen LogP contribution in [0, 0.1) is 5.92 Å². The molecule has 0 aromatic carbocycles. The van der Waals surface area contributed by atoms with Crippen LogP contribution in [-0.2, 0) is 0 Å². The van der Waals surface area contributed by atoms with Crippen LogP contribution >= 0.6 is 0 Å². The molecular weight excluding hydrogens is 162 g/mol. The SMILES string of the molecule is CC1CCN(CCCCO)C(C)C1. The van der Waals surface area contributed by atoms with Crippen LogP contribution in [0.25, 0.3) is 0 Å². The van der Waals surface area contributed by atoms with E-state index in [0.717, 1.165) is 24.8 Å². The highest BCUT2D eigenvalue weighted by Gasteiger charge is 2.21. The van der Waals surface area contributed by atoms with Crippen molar-refractivity contribution in [2.75, 3.05) is 19.7 Å². The van der Waals surface area contributed by atoms with Gasteiger partial charge in [0, 0.05) is 12.6 Å². The van der Waals surface area contributed by atoms with Gasteiger partial charge in [0.2, 0.25) is 0 Å². The number of likely N-dealkylation sites (tertiary alicyclic amines) is 1. The second-order valence-electron chi connectivity index (χ2n) is 4.45. The molecule has 2 atom stereocenters. The van der Waals surface area contributed by atoms with Crippen molar-refractivity contribution in [3.63, 3.8) is 0 Å². The minimum absolute atomic E-state index is 0.346. The number of hydrogen-bond donors (Lipinski definition) is 1. The van der Waals surface area contributed by atoms with Gasteiger partial charge in [-0.05, 0) is 51.6 Å². The first-order valence-corrected chi connectivity index (χ1v) is 5.59. The van der Waals surface area contributed by atoms with Crippen molar-refractivity contribution in [3.05, 3.63) is 0 Å². The standard InChI is InChI=1S/C11H23NO/c1-10-5-7-12(11(2)9-10)6-3-4-8-13/h10-11,13H,3-9H2,1-2H3. The van der Waals surface area contributed by atoms with E-state index in [1.807, 2.05) is 0 Å². The second-order valence-corrected chi connectivity index (χ2v) is 4.45. The molecule has 1 fully saturated rings. The summed E-state index contributed by atoms with van der Waals surface area (Å²) in [6.07, 6.45) is 4.80. The third-order valence-electron chi connectivity index (χ3n) is 3.13. The maximum atomic E-state index is 8.69. The smallest absolute Gasteiger partial charge is 0.0431 e. The van der Waals surface area contributed by atoms with E-state index < -0.39 is 0 Å². The van der Waals surface area contributed by atoms with Gasteiger partial charge in [-0.15, -0.1) is 0 Å². The molecule has 1 aliphatic heterocycles. The van der Waals surface area contributed by atoms with Crippen LogP contribution in [-0.4, -0.2) is 35.7 Å². The third-order valence-corrected chi connectivity index (χ3v) is 3.13. The van der Waals surface area contributed by atoms with Gasteiger partial charge in [0.1, 0.15) is 0 Å². The lowest BCUT2D eigenvalue weighted by atomic mass is 9.93. The average molecular weight is 185 g/mol. The van der Waals surface area contributed by atoms with Crippen LogP contribution in [0.4, 0.5) is 0 Å². The van der Waals surface area contributed by atoms with Crippen molar-refractivity contribution in [2.45, 2.75) is 45.6 Å². The van der Waals surface area contributed by atoms with E-state index in [1.165, 1.54) is 25.9 Å². The fourth-order valence-electron chi connectivity index (χ4n) is 2.21. The molecular formula is C11H23NO. The van der Waals surface area contributed by atoms with Crippen LogP contribution in [0.15, 0.2) is 0 Å². The molecule has 1 heterocycles. The highest BCUT2D eigenvalue weighted by Crippen LogP contribution is 2.21. The zero-order chi connectivity index (χ0) is 9.68. The molecule has 0 bridgehead atoms. The van der Waals surface area contributed by atoms with Gasteiger partial charge in [0.25, 0.3) is 0 Å². The molecule has 1 saturated heterocycles. The summed E-state index contributed by atoms with van der Waals surface area (Å²) in [5.74, 6) is 0.907. The number of piperidine rings is 1. The van der Waals surface area contributed by atoms with E-state index in [4.69, 9.17) is 5.11 Å². The van der Waals surface area contributed by atoms with Gasteiger partial charge in [0.15, 0.2) is 0 Å². The Hall–Kier alpha value is -0.0800. The fourth-order valence-corrected chi connectivity index (χ4v) is 2.21. The Balaban J connectivity index is 2.18. The first-order chi connectivity index (χ1) is 6.24. The van der Waals surface area contributed by atoms with Crippen molar-refractivity contribution >= 4 is 0 Å². The molecule has 1 N–H and O–H groups in total. The predicted octanol–water partition coefficient (Wildman–Crippen LogP) is 1.88. The minimum Gasteiger partial charge on any atom is -0.396 e. The molecule has 13 heavy (non-hydrogen) atoms. The Morgan fingerprint density at radius 2 is 2.08 bits per heavy atom. The molecule has 2 unspecified atom stereocenters. The molecule has 2 nitrogen and oxygen atoms in total. The lowest BCUT2D eigenvalue weighted by Crippen LogP contribution is -2.40. The van der Waals surface area contributed by atoms with E-state index in [2.05, 4.69) is 18.7 Å². The summed E-state index contributed by atoms with van der Waals surface area (Å²) in [4.78, 5) is 2.57. The number of rotatable bonds is 4. The quantitative estimate of drug-likeness (QED) is 0.676. The normalized spacial score (nSPS) is 30.7. The highest BCUT2D eigenvalue weighted by molar-refractivity contribution is 4.76. The van der Waals surface area contributed by atoms with E-state index in [9.17, 15) is 0 Å². The summed E-state index contributed by atoms with van der Waals surface area (Å²) >= 11 is 0. The van der Waals surface area contributed by atoms with E-state index in [-0.39, 0.29) is 0 Å². The molecule has 0 aromatic rings. The molecule has 0 spiro atoms. The van der Waals surface area contributed by atoms with Crippen molar-refractivity contribution in [2.24, 2.45) is 5.92 Å². The number of hydrogen-bond acceptors (Lipinski definition) is 2. The number of nitrogens with zero attached hydrogens (tertiary/aromatic N) is 1. The van der Waals surface area contributed by atoms with Gasteiger partial charge in [0.05, 0.1) is 0 Å². The van der Waals surface area contributed by atoms with Crippen molar-refractivity contribution in [1.29, 1.82) is 0 Å². The van der Waals surface area contributed by atoms with E-state index in [0.29, 0.717) is 6.61 Å². The molecule has 1 rings (SSSR count). The number of unbranched alkanes of at least 4 members (excludes halogenated alkanes) is 1. The average Bonchev–Trinajstić information content (AvgIpc) is 2.09. The van der Waals surface area contributed by atoms with Crippen molar-refractivity contribution in [1.82, 2.24) is 4.90 Å². The van der Waals surface area contributed by atoms with E-state index >= 15 is 0 Å². The second kappa shape index (κ2) is 5.61. The van der Waals surface area contributed by atoms with Crippen molar-refractivity contribution in [3.8, 4) is 0 Å². The van der Waals surface area contributed by atoms with Gasteiger partial charge in [-0.25, -0.2) is 0 Å². The zero-order valence-corrected chi connectivity index (χ0v) is 9.00. The topological polar surface area (TPSA) is 23.5 Å². The largest absolute Gasteiger partial charge is 0.396 e. The van der Waals surface area contributed by atoms with Gasteiger partial charge >= 0.3 is 0 Å². The summed E-state index contributed by atoms with van der Waals surface area (Å²) in [5.41, 5.74) is 0. The first kappa shape index (κ1) is 11.0. The maximum Gasteiger partial charge on any atom is 0.0431 e. The number of aliphatic hydroxyl groups excluding tert-OH is 1. The summed E-state index contributed by atoms with van der Waals surface area (Å²) in [6, 6.07) is 0.752. The van der Waals surface area contributed by atoms with Gasteiger partial charge < -0.3 is 10.0 Å². The molecule has 0 saturated carbocycles. The Morgan fingerprint density at radius 1 is 1.31 bits per heavy atom. The zero-order valence-electron chi connectivity index (χ0n) is 9.00. The Labute approximate surface area is 81.9 Å². The Kier molecular flexibility index (Phi) is 4.74. The first-order valence-electron chi connectivity index (χ1n) is 5.59.